The SMILES string of the molecule is COc1cnc(C(=O)N(C)OC)c(Cl)n1. The van der Waals surface area contributed by atoms with Gasteiger partial charge in [-0.15, -0.1) is 0 Å². The monoisotopic (exact) mass is 231 g/mol. The molecule has 0 saturated heterocycles. The molecule has 0 unspecified atom stereocenters. The lowest BCUT2D eigenvalue weighted by molar-refractivity contribution is -0.0760. The van der Waals surface area contributed by atoms with Crippen molar-refractivity contribution < 1.29 is 14.4 Å². The average molecular weight is 232 g/mol. The summed E-state index contributed by atoms with van der Waals surface area (Å²) in [6.07, 6.45) is 1.31. The van der Waals surface area contributed by atoms with Crippen LogP contribution in [0, 0.1) is 0 Å². The van der Waals surface area contributed by atoms with Crippen LogP contribution in [0.4, 0.5) is 0 Å². The largest absolute Gasteiger partial charge is 0.480 e. The van der Waals surface area contributed by atoms with Crippen LogP contribution < -0.4 is 4.74 Å². The van der Waals surface area contributed by atoms with Crippen LogP contribution in [0.1, 0.15) is 10.5 Å². The number of methoxy groups -OCH3 is 1. The summed E-state index contributed by atoms with van der Waals surface area (Å²) in [6, 6.07) is 0. The molecule has 1 rings (SSSR count). The van der Waals surface area contributed by atoms with Crippen molar-refractivity contribution in [2.75, 3.05) is 21.3 Å². The van der Waals surface area contributed by atoms with E-state index < -0.39 is 5.91 Å². The summed E-state index contributed by atoms with van der Waals surface area (Å²) >= 11 is 5.75. The van der Waals surface area contributed by atoms with Crippen LogP contribution in [-0.2, 0) is 4.84 Å². The number of aromatic nitrogens is 2. The highest BCUT2D eigenvalue weighted by Crippen LogP contribution is 2.15. The van der Waals surface area contributed by atoms with Gasteiger partial charge in [0.05, 0.1) is 20.4 Å². The third-order valence-corrected chi connectivity index (χ3v) is 1.94. The molecule has 15 heavy (non-hydrogen) atoms. The topological polar surface area (TPSA) is 64.5 Å². The van der Waals surface area contributed by atoms with Gasteiger partial charge >= 0.3 is 0 Å². The molecule has 1 heterocycles. The fraction of sp³-hybridized carbons (Fsp3) is 0.375. The summed E-state index contributed by atoms with van der Waals surface area (Å²) in [5.41, 5.74) is 0.0156. The molecule has 7 heteroatoms. The second-order valence-corrected chi connectivity index (χ2v) is 2.89. The van der Waals surface area contributed by atoms with Crippen LogP contribution in [-0.4, -0.2) is 42.2 Å². The summed E-state index contributed by atoms with van der Waals surface area (Å²) in [5.74, 6) is -0.228. The van der Waals surface area contributed by atoms with Crippen molar-refractivity contribution >= 4 is 17.5 Å². The quantitative estimate of drug-likeness (QED) is 0.719. The summed E-state index contributed by atoms with van der Waals surface area (Å²) in [7, 11) is 4.25. The highest BCUT2D eigenvalue weighted by atomic mass is 35.5. The van der Waals surface area contributed by atoms with E-state index in [-0.39, 0.29) is 16.7 Å². The van der Waals surface area contributed by atoms with Gasteiger partial charge in [0.1, 0.15) is 0 Å². The zero-order valence-electron chi connectivity index (χ0n) is 8.52. The number of rotatable bonds is 3. The van der Waals surface area contributed by atoms with Crippen molar-refractivity contribution in [2.45, 2.75) is 0 Å². The van der Waals surface area contributed by atoms with Crippen LogP contribution in [0.2, 0.25) is 5.15 Å². The smallest absolute Gasteiger partial charge is 0.298 e. The molecule has 6 nitrogen and oxygen atoms in total. The van der Waals surface area contributed by atoms with Gasteiger partial charge < -0.3 is 4.74 Å². The predicted octanol–water partition coefficient (Wildman–Crippen LogP) is 0.772. The van der Waals surface area contributed by atoms with E-state index in [1.54, 1.807) is 0 Å². The Balaban J connectivity index is 3.00. The first-order valence-electron chi connectivity index (χ1n) is 3.98. The first-order valence-corrected chi connectivity index (χ1v) is 4.36. The summed E-state index contributed by atoms with van der Waals surface area (Å²) < 4.78 is 4.80. The lowest BCUT2D eigenvalue weighted by Crippen LogP contribution is -2.26. The molecule has 0 fully saturated rings. The lowest BCUT2D eigenvalue weighted by Gasteiger charge is -2.13. The Morgan fingerprint density at radius 2 is 2.20 bits per heavy atom. The Bertz CT molecular complexity index is 372. The van der Waals surface area contributed by atoms with Crippen LogP contribution in [0.15, 0.2) is 6.20 Å². The number of ether oxygens (including phenoxy) is 1. The van der Waals surface area contributed by atoms with Gasteiger partial charge in [-0.05, 0) is 0 Å². The van der Waals surface area contributed by atoms with E-state index in [2.05, 4.69) is 9.97 Å². The van der Waals surface area contributed by atoms with Gasteiger partial charge in [-0.2, -0.15) is 4.98 Å². The highest BCUT2D eigenvalue weighted by molar-refractivity contribution is 6.32. The van der Waals surface area contributed by atoms with Gasteiger partial charge in [0.25, 0.3) is 5.91 Å². The van der Waals surface area contributed by atoms with Gasteiger partial charge in [-0.1, -0.05) is 11.6 Å². The Hall–Kier alpha value is -1.40. The molecule has 0 N–H and O–H groups in total. The van der Waals surface area contributed by atoms with E-state index >= 15 is 0 Å². The van der Waals surface area contributed by atoms with E-state index in [4.69, 9.17) is 21.2 Å². The van der Waals surface area contributed by atoms with Crippen LogP contribution in [0.5, 0.6) is 5.88 Å². The fourth-order valence-corrected chi connectivity index (χ4v) is 1.04. The Labute approximate surface area is 91.7 Å². The molecular weight excluding hydrogens is 222 g/mol. The third kappa shape index (κ3) is 2.54. The lowest BCUT2D eigenvalue weighted by atomic mass is 10.4. The van der Waals surface area contributed by atoms with E-state index in [1.165, 1.54) is 27.5 Å². The Morgan fingerprint density at radius 1 is 1.53 bits per heavy atom. The zero-order valence-corrected chi connectivity index (χ0v) is 9.28. The molecule has 1 amide bonds. The molecule has 0 aromatic carbocycles. The van der Waals surface area contributed by atoms with E-state index in [0.29, 0.717) is 0 Å². The number of nitrogens with zero attached hydrogens (tertiary/aromatic N) is 3. The van der Waals surface area contributed by atoms with Gasteiger partial charge in [0, 0.05) is 7.05 Å². The van der Waals surface area contributed by atoms with Crippen molar-refractivity contribution in [1.29, 1.82) is 0 Å². The minimum absolute atomic E-state index is 0.0156. The van der Waals surface area contributed by atoms with Crippen LogP contribution >= 0.6 is 11.6 Å². The van der Waals surface area contributed by atoms with Gasteiger partial charge in [-0.25, -0.2) is 10.0 Å². The molecule has 0 radical (unpaired) electrons. The summed E-state index contributed by atoms with van der Waals surface area (Å²) in [5, 5.41) is 0.978. The van der Waals surface area contributed by atoms with Crippen molar-refractivity contribution in [3.05, 3.63) is 17.0 Å². The van der Waals surface area contributed by atoms with Gasteiger partial charge in [0.2, 0.25) is 5.88 Å². The van der Waals surface area contributed by atoms with E-state index in [9.17, 15) is 4.79 Å². The van der Waals surface area contributed by atoms with Crippen LogP contribution in [0.25, 0.3) is 0 Å². The predicted molar refractivity (Wildman–Crippen MR) is 52.7 cm³/mol. The van der Waals surface area contributed by atoms with E-state index in [1.807, 2.05) is 0 Å². The molecule has 0 saturated carbocycles. The number of hydrogen-bond donors (Lipinski definition) is 0. The molecule has 1 aromatic heterocycles. The second kappa shape index (κ2) is 4.90. The molecular formula is C8H10ClN3O3. The van der Waals surface area contributed by atoms with Gasteiger partial charge in [-0.3, -0.25) is 9.63 Å². The number of carbonyl (C=O) groups excluding carboxylic acids is 1. The Kier molecular flexibility index (Phi) is 3.81. The second-order valence-electron chi connectivity index (χ2n) is 2.54. The molecule has 82 valence electrons. The first kappa shape index (κ1) is 11.7. The molecule has 0 aliphatic heterocycles. The molecule has 0 bridgehead atoms. The molecule has 1 aromatic rings. The van der Waals surface area contributed by atoms with Crippen LogP contribution in [0.3, 0.4) is 0 Å². The third-order valence-electron chi connectivity index (χ3n) is 1.68. The Morgan fingerprint density at radius 3 is 2.67 bits per heavy atom. The summed E-state index contributed by atoms with van der Waals surface area (Å²) in [6.45, 7) is 0. The van der Waals surface area contributed by atoms with Gasteiger partial charge in [0.15, 0.2) is 10.8 Å². The number of hydrogen-bond acceptors (Lipinski definition) is 5. The molecule has 0 spiro atoms. The molecule has 0 aliphatic rings. The maximum Gasteiger partial charge on any atom is 0.298 e. The molecule has 0 atom stereocenters. The fourth-order valence-electron chi connectivity index (χ4n) is 0.825. The van der Waals surface area contributed by atoms with Crippen molar-refractivity contribution in [1.82, 2.24) is 15.0 Å². The number of hydroxylamine groups is 2. The highest BCUT2D eigenvalue weighted by Gasteiger charge is 2.18. The number of amides is 1. The molecule has 0 aliphatic carbocycles. The van der Waals surface area contributed by atoms with Crippen molar-refractivity contribution in [2.24, 2.45) is 0 Å². The standard InChI is InChI=1S/C8H10ClN3O3/c1-12(15-3)8(13)6-7(9)11-5(14-2)4-10-6/h4H,1-3H3. The zero-order chi connectivity index (χ0) is 11.4. The number of halogens is 1. The normalized spacial score (nSPS) is 9.87. The minimum atomic E-state index is -0.474. The van der Waals surface area contributed by atoms with E-state index in [0.717, 1.165) is 5.06 Å². The maximum absolute atomic E-state index is 11.6. The minimum Gasteiger partial charge on any atom is -0.480 e. The summed E-state index contributed by atoms with van der Waals surface area (Å²) in [4.78, 5) is 23.9. The van der Waals surface area contributed by atoms with Crippen molar-refractivity contribution in [3.8, 4) is 5.88 Å². The average Bonchev–Trinajstić information content (AvgIpc) is 2.26. The van der Waals surface area contributed by atoms with Crippen molar-refractivity contribution in [3.63, 3.8) is 0 Å². The number of carbonyl (C=O) groups is 1. The maximum atomic E-state index is 11.6. The first-order chi connectivity index (χ1) is 7.10.